The summed E-state index contributed by atoms with van der Waals surface area (Å²) in [6.07, 6.45) is 3.18. The number of aromatic amines is 1. The van der Waals surface area contributed by atoms with E-state index in [1.165, 1.54) is 31.3 Å². The van der Waals surface area contributed by atoms with Gasteiger partial charge >= 0.3 is 0 Å². The molecular formula is C13H16N4O3S. The Balaban J connectivity index is 2.18. The highest BCUT2D eigenvalue weighted by Crippen LogP contribution is 2.16. The molecule has 1 unspecified atom stereocenters. The average molecular weight is 308 g/mol. The van der Waals surface area contributed by atoms with Crippen LogP contribution in [0.5, 0.6) is 0 Å². The third-order valence-corrected chi connectivity index (χ3v) is 4.56. The van der Waals surface area contributed by atoms with E-state index in [2.05, 4.69) is 20.2 Å². The first-order valence-electron chi connectivity index (χ1n) is 6.27. The van der Waals surface area contributed by atoms with Crippen molar-refractivity contribution in [3.05, 3.63) is 47.8 Å². The zero-order valence-electron chi connectivity index (χ0n) is 11.6. The van der Waals surface area contributed by atoms with Gasteiger partial charge in [0, 0.05) is 30.4 Å². The maximum Gasteiger partial charge on any atom is 0.251 e. The Bertz CT molecular complexity index is 708. The molecule has 7 nitrogen and oxygen atoms in total. The smallest absolute Gasteiger partial charge is 0.251 e. The van der Waals surface area contributed by atoms with Gasteiger partial charge in [-0.05, 0) is 31.2 Å². The van der Waals surface area contributed by atoms with Crippen molar-refractivity contribution in [1.82, 2.24) is 20.2 Å². The second-order valence-corrected chi connectivity index (χ2v) is 6.19. The van der Waals surface area contributed by atoms with Gasteiger partial charge in [-0.15, -0.1) is 0 Å². The molecule has 21 heavy (non-hydrogen) atoms. The highest BCUT2D eigenvalue weighted by molar-refractivity contribution is 7.89. The molecule has 0 spiro atoms. The van der Waals surface area contributed by atoms with Crippen molar-refractivity contribution < 1.29 is 13.2 Å². The van der Waals surface area contributed by atoms with Crippen molar-refractivity contribution in [2.75, 3.05) is 7.05 Å². The molecule has 2 aromatic rings. The second-order valence-electron chi connectivity index (χ2n) is 4.48. The van der Waals surface area contributed by atoms with E-state index in [1.54, 1.807) is 19.3 Å². The van der Waals surface area contributed by atoms with Gasteiger partial charge in [0.25, 0.3) is 5.91 Å². The number of rotatable bonds is 5. The highest BCUT2D eigenvalue weighted by atomic mass is 32.2. The van der Waals surface area contributed by atoms with Gasteiger partial charge in [-0.25, -0.2) is 13.1 Å². The van der Waals surface area contributed by atoms with Crippen molar-refractivity contribution in [2.45, 2.75) is 17.9 Å². The Kier molecular flexibility index (Phi) is 4.39. The first kappa shape index (κ1) is 15.2. The third-order valence-electron chi connectivity index (χ3n) is 3.01. The molecule has 0 aliphatic carbocycles. The maximum absolute atomic E-state index is 12.2. The number of carbonyl (C=O) groups is 1. The van der Waals surface area contributed by atoms with E-state index in [-0.39, 0.29) is 10.8 Å². The number of amides is 1. The lowest BCUT2D eigenvalue weighted by Crippen LogP contribution is -2.26. The molecule has 8 heteroatoms. The van der Waals surface area contributed by atoms with Crippen molar-refractivity contribution in [1.29, 1.82) is 0 Å². The molecule has 0 saturated carbocycles. The first-order valence-corrected chi connectivity index (χ1v) is 7.75. The van der Waals surface area contributed by atoms with E-state index in [9.17, 15) is 13.2 Å². The lowest BCUT2D eigenvalue weighted by atomic mass is 10.2. The SMILES string of the molecule is CNC(=O)c1ccc(S(=O)(=O)NC(C)c2cn[nH]c2)cc1. The maximum atomic E-state index is 12.2. The third kappa shape index (κ3) is 3.47. The number of aromatic nitrogens is 2. The van der Waals surface area contributed by atoms with E-state index in [4.69, 9.17) is 0 Å². The van der Waals surface area contributed by atoms with Crippen molar-refractivity contribution in [2.24, 2.45) is 0 Å². The number of hydrogen-bond acceptors (Lipinski definition) is 4. The van der Waals surface area contributed by atoms with Gasteiger partial charge < -0.3 is 5.32 Å². The lowest BCUT2D eigenvalue weighted by Gasteiger charge is -2.12. The minimum Gasteiger partial charge on any atom is -0.355 e. The highest BCUT2D eigenvalue weighted by Gasteiger charge is 2.19. The van der Waals surface area contributed by atoms with Crippen LogP contribution >= 0.6 is 0 Å². The Morgan fingerprint density at radius 3 is 2.48 bits per heavy atom. The zero-order valence-corrected chi connectivity index (χ0v) is 12.4. The van der Waals surface area contributed by atoms with E-state index >= 15 is 0 Å². The van der Waals surface area contributed by atoms with Gasteiger partial charge in [0.2, 0.25) is 10.0 Å². The molecule has 1 aromatic heterocycles. The van der Waals surface area contributed by atoms with Crippen LogP contribution in [0.3, 0.4) is 0 Å². The number of benzene rings is 1. The van der Waals surface area contributed by atoms with Crippen LogP contribution in [0.15, 0.2) is 41.6 Å². The Hall–Kier alpha value is -2.19. The molecule has 3 N–H and O–H groups in total. The molecular weight excluding hydrogens is 292 g/mol. The summed E-state index contributed by atoms with van der Waals surface area (Å²) < 4.78 is 27.0. The zero-order chi connectivity index (χ0) is 15.5. The summed E-state index contributed by atoms with van der Waals surface area (Å²) >= 11 is 0. The molecule has 0 bridgehead atoms. The van der Waals surface area contributed by atoms with Crippen molar-refractivity contribution in [3.63, 3.8) is 0 Å². The molecule has 1 amide bonds. The van der Waals surface area contributed by atoms with Crippen LogP contribution in [0.1, 0.15) is 28.9 Å². The molecule has 0 radical (unpaired) electrons. The van der Waals surface area contributed by atoms with Crippen LogP contribution in [0.2, 0.25) is 0 Å². The van der Waals surface area contributed by atoms with Crippen LogP contribution in [0.4, 0.5) is 0 Å². The van der Waals surface area contributed by atoms with Gasteiger partial charge in [0.1, 0.15) is 0 Å². The van der Waals surface area contributed by atoms with Crippen LogP contribution in [0.25, 0.3) is 0 Å². The summed E-state index contributed by atoms with van der Waals surface area (Å²) in [6.45, 7) is 1.72. The van der Waals surface area contributed by atoms with Gasteiger partial charge in [-0.2, -0.15) is 5.10 Å². The fourth-order valence-corrected chi connectivity index (χ4v) is 3.03. The molecule has 2 rings (SSSR count). The molecule has 0 fully saturated rings. The van der Waals surface area contributed by atoms with Gasteiger partial charge in [0.15, 0.2) is 0 Å². The number of nitrogens with one attached hydrogen (secondary N) is 3. The Labute approximate surface area is 122 Å². The molecule has 1 atom stereocenters. The van der Waals surface area contributed by atoms with E-state index < -0.39 is 16.1 Å². The number of H-pyrrole nitrogens is 1. The van der Waals surface area contributed by atoms with E-state index in [0.717, 1.165) is 5.56 Å². The molecule has 1 heterocycles. The predicted molar refractivity (Wildman–Crippen MR) is 77.2 cm³/mol. The topological polar surface area (TPSA) is 104 Å². The van der Waals surface area contributed by atoms with Crippen LogP contribution in [-0.2, 0) is 10.0 Å². The van der Waals surface area contributed by atoms with Crippen LogP contribution in [0, 0.1) is 0 Å². The van der Waals surface area contributed by atoms with Gasteiger partial charge in [0.05, 0.1) is 11.1 Å². The molecule has 0 aliphatic heterocycles. The summed E-state index contributed by atoms with van der Waals surface area (Å²) in [4.78, 5) is 11.5. The van der Waals surface area contributed by atoms with Gasteiger partial charge in [-0.3, -0.25) is 9.89 Å². The van der Waals surface area contributed by atoms with Crippen molar-refractivity contribution in [3.8, 4) is 0 Å². The Morgan fingerprint density at radius 1 is 1.29 bits per heavy atom. The normalized spacial score (nSPS) is 12.9. The quantitative estimate of drug-likeness (QED) is 0.760. The largest absolute Gasteiger partial charge is 0.355 e. The molecule has 0 saturated heterocycles. The minimum absolute atomic E-state index is 0.102. The summed E-state index contributed by atoms with van der Waals surface area (Å²) in [5.74, 6) is -0.265. The molecule has 0 aliphatic rings. The van der Waals surface area contributed by atoms with E-state index in [0.29, 0.717) is 5.56 Å². The number of sulfonamides is 1. The van der Waals surface area contributed by atoms with Crippen LogP contribution < -0.4 is 10.0 Å². The lowest BCUT2D eigenvalue weighted by molar-refractivity contribution is 0.0963. The Morgan fingerprint density at radius 2 is 1.95 bits per heavy atom. The number of carbonyl (C=O) groups excluding carboxylic acids is 1. The summed E-state index contributed by atoms with van der Waals surface area (Å²) in [6, 6.07) is 5.32. The number of nitrogens with zero attached hydrogens (tertiary/aromatic N) is 1. The summed E-state index contributed by atoms with van der Waals surface area (Å²) in [5.41, 5.74) is 1.14. The van der Waals surface area contributed by atoms with E-state index in [1.807, 2.05) is 0 Å². The average Bonchev–Trinajstić information content (AvgIpc) is 3.00. The number of hydrogen-bond donors (Lipinski definition) is 3. The standard InChI is InChI=1S/C13H16N4O3S/c1-9(11-7-15-16-8-11)17-21(19,20)12-5-3-10(4-6-12)13(18)14-2/h3-9,17H,1-2H3,(H,14,18)(H,15,16). The van der Waals surface area contributed by atoms with Crippen LogP contribution in [-0.4, -0.2) is 31.6 Å². The molecule has 112 valence electrons. The van der Waals surface area contributed by atoms with Gasteiger partial charge in [-0.1, -0.05) is 0 Å². The minimum atomic E-state index is -3.66. The predicted octanol–water partition coefficient (Wildman–Crippen LogP) is 0.809. The summed E-state index contributed by atoms with van der Waals surface area (Å²) in [5, 5.41) is 8.89. The first-order chi connectivity index (χ1) is 9.94. The fraction of sp³-hybridized carbons (Fsp3) is 0.231. The molecule has 1 aromatic carbocycles. The second kappa shape index (κ2) is 6.06. The summed E-state index contributed by atoms with van der Waals surface area (Å²) in [7, 11) is -2.14. The monoisotopic (exact) mass is 308 g/mol. The fourth-order valence-electron chi connectivity index (χ4n) is 1.80. The van der Waals surface area contributed by atoms with Crippen molar-refractivity contribution >= 4 is 15.9 Å².